The number of thioether (sulfide) groups is 1. The zero-order chi connectivity index (χ0) is 30.6. The Morgan fingerprint density at radius 3 is 2.59 bits per heavy atom. The molecule has 1 N–H and O–H groups in total. The summed E-state index contributed by atoms with van der Waals surface area (Å²) >= 11 is 2.76. The van der Waals surface area contributed by atoms with E-state index in [-0.39, 0.29) is 16.5 Å². The lowest BCUT2D eigenvalue weighted by Crippen LogP contribution is -2.29. The number of rotatable bonds is 10. The molecule has 0 saturated carbocycles. The van der Waals surface area contributed by atoms with Crippen molar-refractivity contribution in [2.45, 2.75) is 36.4 Å². The van der Waals surface area contributed by atoms with Crippen molar-refractivity contribution in [2.75, 3.05) is 11.5 Å². The van der Waals surface area contributed by atoms with Crippen LogP contribution in [0.15, 0.2) is 101 Å². The Morgan fingerprint density at radius 2 is 1.77 bits per heavy atom. The predicted octanol–water partition coefficient (Wildman–Crippen LogP) is 7.43. The standard InChI is InChI=1S/C34H30N4O4S2/c1-21(2)15-18-42-26-11-6-9-24(19-26)29-28(30(39)23-13-16-35-17-14-23)31(40)32(41)38(29)33-36-37-34(44-33)43-20-25-10-5-8-22-7-3-4-12-27(22)25/h3-14,16-17,19,21,29,39H,15,18,20H2,1-2H3. The third-order valence-electron chi connectivity index (χ3n) is 7.37. The quantitative estimate of drug-likeness (QED) is 0.0564. The van der Waals surface area contributed by atoms with Crippen molar-refractivity contribution in [1.29, 1.82) is 0 Å². The highest BCUT2D eigenvalue weighted by Gasteiger charge is 2.48. The van der Waals surface area contributed by atoms with Crippen LogP contribution in [0.2, 0.25) is 0 Å². The summed E-state index contributed by atoms with van der Waals surface area (Å²) in [6.45, 7) is 4.79. The number of amides is 1. The molecule has 10 heteroatoms. The van der Waals surface area contributed by atoms with Gasteiger partial charge in [0.25, 0.3) is 5.78 Å². The number of aromatic nitrogens is 3. The fourth-order valence-corrected chi connectivity index (χ4v) is 6.98. The molecule has 2 aromatic heterocycles. The lowest BCUT2D eigenvalue weighted by molar-refractivity contribution is -0.132. The van der Waals surface area contributed by atoms with Crippen LogP contribution in [0.4, 0.5) is 5.13 Å². The Labute approximate surface area is 263 Å². The fourth-order valence-electron chi connectivity index (χ4n) is 5.11. The maximum atomic E-state index is 13.6. The SMILES string of the molecule is CC(C)CCOc1cccc(C2C(=C(O)c3ccncc3)C(=O)C(=O)N2c2nnc(SCc3cccc4ccccc34)s2)c1. The number of nitrogens with zero attached hydrogens (tertiary/aromatic N) is 4. The van der Waals surface area contributed by atoms with Crippen LogP contribution < -0.4 is 9.64 Å². The first kappa shape index (κ1) is 29.5. The summed E-state index contributed by atoms with van der Waals surface area (Å²) in [5.41, 5.74) is 2.13. The van der Waals surface area contributed by atoms with Crippen LogP contribution in [0.3, 0.4) is 0 Å². The molecule has 222 valence electrons. The minimum absolute atomic E-state index is 0.0271. The number of carbonyl (C=O) groups is 2. The van der Waals surface area contributed by atoms with Crippen LogP contribution in [-0.2, 0) is 15.3 Å². The molecule has 0 aliphatic carbocycles. The number of ketones is 1. The second-order valence-electron chi connectivity index (χ2n) is 10.8. The number of carbonyl (C=O) groups excluding carboxylic acids is 2. The van der Waals surface area contributed by atoms with E-state index in [9.17, 15) is 14.7 Å². The van der Waals surface area contributed by atoms with Crippen LogP contribution in [0.25, 0.3) is 16.5 Å². The van der Waals surface area contributed by atoms with E-state index in [1.54, 1.807) is 18.2 Å². The van der Waals surface area contributed by atoms with E-state index in [1.165, 1.54) is 45.8 Å². The second-order valence-corrected chi connectivity index (χ2v) is 13.0. The van der Waals surface area contributed by atoms with E-state index in [2.05, 4.69) is 53.3 Å². The zero-order valence-corrected chi connectivity index (χ0v) is 25.8. The second kappa shape index (κ2) is 13.0. The summed E-state index contributed by atoms with van der Waals surface area (Å²) in [6, 6.07) is 24.0. The van der Waals surface area contributed by atoms with Gasteiger partial charge in [-0.25, -0.2) is 0 Å². The van der Waals surface area contributed by atoms with Gasteiger partial charge in [0.2, 0.25) is 5.13 Å². The van der Waals surface area contributed by atoms with Crippen LogP contribution in [0, 0.1) is 5.92 Å². The van der Waals surface area contributed by atoms with E-state index >= 15 is 0 Å². The molecule has 1 saturated heterocycles. The van der Waals surface area contributed by atoms with Crippen LogP contribution in [-0.4, -0.2) is 38.6 Å². The van der Waals surface area contributed by atoms with Gasteiger partial charge < -0.3 is 9.84 Å². The number of Topliss-reactive ketones (excluding diaryl/α,β-unsaturated/α-hetero) is 1. The molecule has 1 aliphatic rings. The van der Waals surface area contributed by atoms with Crippen molar-refractivity contribution in [1.82, 2.24) is 15.2 Å². The molecular formula is C34H30N4O4S2. The smallest absolute Gasteiger partial charge is 0.301 e. The highest BCUT2D eigenvalue weighted by molar-refractivity contribution is 8.00. The molecule has 1 fully saturated rings. The summed E-state index contributed by atoms with van der Waals surface area (Å²) in [5, 5.41) is 22.7. The molecule has 8 nitrogen and oxygen atoms in total. The van der Waals surface area contributed by atoms with Crippen molar-refractivity contribution in [3.63, 3.8) is 0 Å². The average molecular weight is 623 g/mol. The van der Waals surface area contributed by atoms with Crippen molar-refractivity contribution in [3.05, 3.63) is 114 Å². The summed E-state index contributed by atoms with van der Waals surface area (Å²) in [5.74, 6) is -0.0961. The van der Waals surface area contributed by atoms with Gasteiger partial charge in [-0.2, -0.15) is 0 Å². The van der Waals surface area contributed by atoms with Crippen LogP contribution in [0.1, 0.15) is 43.0 Å². The minimum Gasteiger partial charge on any atom is -0.507 e. The molecule has 1 atom stereocenters. The summed E-state index contributed by atoms with van der Waals surface area (Å²) in [6.07, 6.45) is 3.93. The van der Waals surface area contributed by atoms with Crippen molar-refractivity contribution in [2.24, 2.45) is 5.92 Å². The lowest BCUT2D eigenvalue weighted by Gasteiger charge is -2.23. The summed E-state index contributed by atoms with van der Waals surface area (Å²) in [7, 11) is 0. The van der Waals surface area contributed by atoms with Gasteiger partial charge in [-0.1, -0.05) is 91.5 Å². The van der Waals surface area contributed by atoms with Gasteiger partial charge in [0.15, 0.2) is 4.34 Å². The third kappa shape index (κ3) is 6.09. The number of benzene rings is 3. The molecule has 0 spiro atoms. The summed E-state index contributed by atoms with van der Waals surface area (Å²) in [4.78, 5) is 32.5. The minimum atomic E-state index is -0.930. The molecule has 3 aromatic carbocycles. The molecule has 1 amide bonds. The third-order valence-corrected chi connectivity index (χ3v) is 9.47. The molecule has 44 heavy (non-hydrogen) atoms. The van der Waals surface area contributed by atoms with Gasteiger partial charge in [-0.15, -0.1) is 10.2 Å². The molecule has 5 aromatic rings. The topological polar surface area (TPSA) is 106 Å². The molecule has 1 aliphatic heterocycles. The van der Waals surface area contributed by atoms with E-state index in [0.717, 1.165) is 17.4 Å². The molecule has 0 bridgehead atoms. The average Bonchev–Trinajstić information content (AvgIpc) is 3.61. The maximum absolute atomic E-state index is 13.6. The first-order valence-corrected chi connectivity index (χ1v) is 16.1. The Kier molecular flexibility index (Phi) is 8.72. The monoisotopic (exact) mass is 622 g/mol. The van der Waals surface area contributed by atoms with Gasteiger partial charge in [0.05, 0.1) is 18.2 Å². The Hall–Kier alpha value is -4.54. The number of aliphatic hydroxyl groups is 1. The molecule has 0 radical (unpaired) electrons. The largest absolute Gasteiger partial charge is 0.507 e. The number of hydrogen-bond acceptors (Lipinski definition) is 9. The van der Waals surface area contributed by atoms with Gasteiger partial charge in [0.1, 0.15) is 11.5 Å². The van der Waals surface area contributed by atoms with Gasteiger partial charge in [0, 0.05) is 23.7 Å². The van der Waals surface area contributed by atoms with E-state index < -0.39 is 17.7 Å². The lowest BCUT2D eigenvalue weighted by atomic mass is 9.95. The first-order chi connectivity index (χ1) is 21.4. The summed E-state index contributed by atoms with van der Waals surface area (Å²) < 4.78 is 6.66. The van der Waals surface area contributed by atoms with Crippen LogP contribution >= 0.6 is 23.1 Å². The molecule has 3 heterocycles. The Balaban J connectivity index is 1.35. The van der Waals surface area contributed by atoms with Crippen LogP contribution in [0.5, 0.6) is 5.75 Å². The van der Waals surface area contributed by atoms with Crippen molar-refractivity contribution in [3.8, 4) is 5.75 Å². The number of hydrogen-bond donors (Lipinski definition) is 1. The zero-order valence-electron chi connectivity index (χ0n) is 24.2. The number of fused-ring (bicyclic) bond motifs is 1. The van der Waals surface area contributed by atoms with Crippen molar-refractivity contribution < 1.29 is 19.4 Å². The van der Waals surface area contributed by atoms with Gasteiger partial charge in [-0.3, -0.25) is 19.5 Å². The number of anilines is 1. The highest BCUT2D eigenvalue weighted by atomic mass is 32.2. The Morgan fingerprint density at radius 1 is 1.00 bits per heavy atom. The van der Waals surface area contributed by atoms with E-state index in [0.29, 0.717) is 39.5 Å². The number of pyridine rings is 1. The van der Waals surface area contributed by atoms with Gasteiger partial charge >= 0.3 is 5.91 Å². The van der Waals surface area contributed by atoms with E-state index in [4.69, 9.17) is 4.74 Å². The highest BCUT2D eigenvalue weighted by Crippen LogP contribution is 2.44. The molecule has 6 rings (SSSR count). The van der Waals surface area contributed by atoms with Gasteiger partial charge in [-0.05, 0) is 58.5 Å². The number of aliphatic hydroxyl groups excluding tert-OH is 1. The fraction of sp³-hybridized carbons (Fsp3) is 0.206. The van der Waals surface area contributed by atoms with E-state index in [1.807, 2.05) is 36.4 Å². The van der Waals surface area contributed by atoms with Crippen molar-refractivity contribution >= 4 is 56.5 Å². The Bertz CT molecular complexity index is 1850. The predicted molar refractivity (Wildman–Crippen MR) is 174 cm³/mol. The molecule has 1 unspecified atom stereocenters. The normalized spacial score (nSPS) is 16.2. The maximum Gasteiger partial charge on any atom is 0.301 e. The first-order valence-electron chi connectivity index (χ1n) is 14.3. The molecular weight excluding hydrogens is 593 g/mol. The number of ether oxygens (including phenoxy) is 1.